The lowest BCUT2D eigenvalue weighted by atomic mass is 10.2. The van der Waals surface area contributed by atoms with E-state index in [9.17, 15) is 13.2 Å². The molecule has 1 atom stereocenters. The van der Waals surface area contributed by atoms with Gasteiger partial charge < -0.3 is 15.4 Å². The molecule has 0 radical (unpaired) electrons. The minimum atomic E-state index is -3.18. The van der Waals surface area contributed by atoms with Crippen LogP contribution in [0.25, 0.3) is 0 Å². The summed E-state index contributed by atoms with van der Waals surface area (Å²) in [6, 6.07) is 6.31. The Bertz CT molecular complexity index is 709. The summed E-state index contributed by atoms with van der Waals surface area (Å²) < 4.78 is 28.5. The Kier molecular flexibility index (Phi) is 4.56. The molecular formula is C16H20N2O4S. The lowest BCUT2D eigenvalue weighted by Gasteiger charge is -2.15. The molecule has 0 spiro atoms. The highest BCUT2D eigenvalue weighted by Gasteiger charge is 2.23. The van der Waals surface area contributed by atoms with Crippen molar-refractivity contribution >= 4 is 21.6 Å². The maximum absolute atomic E-state index is 11.9. The molecule has 7 heteroatoms. The fourth-order valence-electron chi connectivity index (χ4n) is 2.85. The second-order valence-corrected chi connectivity index (χ2v) is 7.85. The Morgan fingerprint density at radius 2 is 2.00 bits per heavy atom. The number of hydrogen-bond acceptors (Lipinski definition) is 4. The van der Waals surface area contributed by atoms with E-state index in [4.69, 9.17) is 4.74 Å². The summed E-state index contributed by atoms with van der Waals surface area (Å²) in [5.74, 6) is 0.642. The molecule has 1 fully saturated rings. The van der Waals surface area contributed by atoms with Gasteiger partial charge in [-0.1, -0.05) is 6.07 Å². The van der Waals surface area contributed by atoms with Crippen LogP contribution < -0.4 is 15.4 Å². The molecule has 3 rings (SSSR count). The molecule has 1 saturated carbocycles. The summed E-state index contributed by atoms with van der Waals surface area (Å²) in [4.78, 5) is 11.9. The second-order valence-electron chi connectivity index (χ2n) is 5.92. The lowest BCUT2D eigenvalue weighted by molar-refractivity contribution is 0.210. The van der Waals surface area contributed by atoms with E-state index in [1.807, 2.05) is 12.1 Å². The van der Waals surface area contributed by atoms with Crippen LogP contribution in [0.2, 0.25) is 0 Å². The predicted octanol–water partition coefficient (Wildman–Crippen LogP) is 2.44. The van der Waals surface area contributed by atoms with Crippen molar-refractivity contribution in [3.8, 4) is 5.75 Å². The Labute approximate surface area is 135 Å². The molecule has 0 bridgehead atoms. The van der Waals surface area contributed by atoms with Gasteiger partial charge in [-0.25, -0.2) is 13.2 Å². The highest BCUT2D eigenvalue weighted by atomic mass is 32.2. The van der Waals surface area contributed by atoms with Crippen LogP contribution in [0.3, 0.4) is 0 Å². The number of nitrogens with one attached hydrogen (secondary N) is 2. The van der Waals surface area contributed by atoms with Crippen LogP contribution in [0.5, 0.6) is 5.75 Å². The van der Waals surface area contributed by atoms with Gasteiger partial charge in [-0.15, -0.1) is 0 Å². The first-order valence-corrected chi connectivity index (χ1v) is 9.47. The molecule has 1 aromatic carbocycles. The largest absolute Gasteiger partial charge is 0.490 e. The van der Waals surface area contributed by atoms with Crippen LogP contribution in [0.1, 0.15) is 25.7 Å². The number of sulfone groups is 1. The van der Waals surface area contributed by atoms with Crippen molar-refractivity contribution in [3.63, 3.8) is 0 Å². The van der Waals surface area contributed by atoms with Crippen LogP contribution >= 0.6 is 0 Å². The van der Waals surface area contributed by atoms with Gasteiger partial charge in [0.15, 0.2) is 9.84 Å². The second kappa shape index (κ2) is 6.62. The van der Waals surface area contributed by atoms with Crippen molar-refractivity contribution < 1.29 is 17.9 Å². The van der Waals surface area contributed by atoms with E-state index >= 15 is 0 Å². The van der Waals surface area contributed by atoms with E-state index in [1.165, 1.54) is 18.9 Å². The van der Waals surface area contributed by atoms with Crippen LogP contribution in [-0.2, 0) is 9.84 Å². The Morgan fingerprint density at radius 1 is 1.22 bits per heavy atom. The first-order valence-electron chi connectivity index (χ1n) is 7.75. The van der Waals surface area contributed by atoms with Gasteiger partial charge in [0.1, 0.15) is 5.75 Å². The van der Waals surface area contributed by atoms with Crippen molar-refractivity contribution in [1.82, 2.24) is 5.32 Å². The van der Waals surface area contributed by atoms with Gasteiger partial charge in [0.25, 0.3) is 0 Å². The topological polar surface area (TPSA) is 84.5 Å². The van der Waals surface area contributed by atoms with Crippen molar-refractivity contribution in [2.75, 3.05) is 11.1 Å². The summed E-state index contributed by atoms with van der Waals surface area (Å²) in [5.41, 5.74) is 0.614. The summed E-state index contributed by atoms with van der Waals surface area (Å²) in [5, 5.41) is 6.45. The summed E-state index contributed by atoms with van der Waals surface area (Å²) >= 11 is 0. The fraction of sp³-hybridized carbons (Fsp3) is 0.438. The molecule has 0 aromatic heterocycles. The smallest absolute Gasteiger partial charge is 0.319 e. The molecule has 6 nitrogen and oxygen atoms in total. The third-order valence-corrected chi connectivity index (χ3v) is 5.34. The molecule has 2 amide bonds. The first-order chi connectivity index (χ1) is 11.0. The molecule has 1 heterocycles. The molecule has 0 unspecified atom stereocenters. The average Bonchev–Trinajstić information content (AvgIpc) is 3.09. The third kappa shape index (κ3) is 4.48. The van der Waals surface area contributed by atoms with Crippen molar-refractivity contribution in [2.24, 2.45) is 0 Å². The molecule has 1 aliphatic heterocycles. The van der Waals surface area contributed by atoms with E-state index < -0.39 is 21.9 Å². The Balaban J connectivity index is 1.55. The van der Waals surface area contributed by atoms with E-state index in [0.29, 0.717) is 5.69 Å². The first kappa shape index (κ1) is 15.9. The number of ether oxygens (including phenoxy) is 1. The monoisotopic (exact) mass is 336 g/mol. The highest BCUT2D eigenvalue weighted by molar-refractivity contribution is 7.94. The van der Waals surface area contributed by atoms with Gasteiger partial charge in [-0.2, -0.15) is 0 Å². The van der Waals surface area contributed by atoms with E-state index in [0.717, 1.165) is 24.0 Å². The van der Waals surface area contributed by atoms with Gasteiger partial charge in [0.2, 0.25) is 0 Å². The summed E-state index contributed by atoms with van der Waals surface area (Å²) in [7, 11) is -3.18. The highest BCUT2D eigenvalue weighted by Crippen LogP contribution is 2.25. The van der Waals surface area contributed by atoms with Gasteiger partial charge in [-0.05, 0) is 43.9 Å². The number of rotatable bonds is 4. The average molecular weight is 336 g/mol. The van der Waals surface area contributed by atoms with E-state index in [1.54, 1.807) is 12.1 Å². The molecule has 1 aromatic rings. The zero-order chi connectivity index (χ0) is 16.3. The van der Waals surface area contributed by atoms with Gasteiger partial charge in [-0.3, -0.25) is 0 Å². The number of carbonyl (C=O) groups excluding carboxylic acids is 1. The Hall–Kier alpha value is -2.02. The molecular weight excluding hydrogens is 316 g/mol. The zero-order valence-electron chi connectivity index (χ0n) is 12.7. The van der Waals surface area contributed by atoms with Crippen molar-refractivity contribution in [3.05, 3.63) is 35.7 Å². The number of urea groups is 1. The number of carbonyl (C=O) groups is 1. The van der Waals surface area contributed by atoms with Crippen molar-refractivity contribution in [2.45, 2.75) is 37.8 Å². The third-order valence-electron chi connectivity index (χ3n) is 3.94. The standard InChI is InChI=1S/C16H20N2O4S/c19-16(18-13-8-9-23(20,21)11-13)17-12-4-3-7-15(10-12)22-14-5-1-2-6-14/h3-4,7-10,13-14H,1-2,5-6,11H2,(H2,17,18,19)/t13-/m1/s1. The molecule has 124 valence electrons. The molecule has 2 aliphatic rings. The lowest BCUT2D eigenvalue weighted by Crippen LogP contribution is -2.38. The minimum Gasteiger partial charge on any atom is -0.490 e. The Morgan fingerprint density at radius 3 is 2.70 bits per heavy atom. The van der Waals surface area contributed by atoms with Crippen LogP contribution in [0.4, 0.5) is 10.5 Å². The SMILES string of the molecule is O=C(Nc1cccc(OC2CCCC2)c1)N[C@@H]1C=CS(=O)(=O)C1. The van der Waals surface area contributed by atoms with Gasteiger partial charge >= 0.3 is 6.03 Å². The van der Waals surface area contributed by atoms with Gasteiger partial charge in [0, 0.05) is 17.2 Å². The van der Waals surface area contributed by atoms with Crippen molar-refractivity contribution in [1.29, 1.82) is 0 Å². The van der Waals surface area contributed by atoms with Crippen LogP contribution in [0.15, 0.2) is 35.7 Å². The molecule has 0 saturated heterocycles. The number of anilines is 1. The van der Waals surface area contributed by atoms with Gasteiger partial charge in [0.05, 0.1) is 17.9 Å². The number of amides is 2. The predicted molar refractivity (Wildman–Crippen MR) is 88.2 cm³/mol. The molecule has 23 heavy (non-hydrogen) atoms. The maximum atomic E-state index is 11.9. The maximum Gasteiger partial charge on any atom is 0.319 e. The molecule has 2 N–H and O–H groups in total. The fourth-order valence-corrected chi connectivity index (χ4v) is 4.08. The van der Waals surface area contributed by atoms with E-state index in [-0.39, 0.29) is 11.9 Å². The number of benzene rings is 1. The molecule has 1 aliphatic carbocycles. The van der Waals surface area contributed by atoms with Crippen LogP contribution in [0, 0.1) is 0 Å². The zero-order valence-corrected chi connectivity index (χ0v) is 13.5. The van der Waals surface area contributed by atoms with E-state index in [2.05, 4.69) is 10.6 Å². The minimum absolute atomic E-state index is 0.0920. The quantitative estimate of drug-likeness (QED) is 0.884. The summed E-state index contributed by atoms with van der Waals surface area (Å²) in [6.07, 6.45) is 6.27. The van der Waals surface area contributed by atoms with Crippen LogP contribution in [-0.4, -0.2) is 32.3 Å². The normalized spacial score (nSPS) is 22.9. The summed E-state index contributed by atoms with van der Waals surface area (Å²) in [6.45, 7) is 0. The number of hydrogen-bond donors (Lipinski definition) is 2.